The van der Waals surface area contributed by atoms with E-state index in [0.717, 1.165) is 24.0 Å². The molecule has 1 aliphatic rings. The predicted octanol–water partition coefficient (Wildman–Crippen LogP) is 5.24. The second-order valence-electron chi connectivity index (χ2n) is 11.0. The standard InChI is InChI=1S/C32H36N2O6/c1-20(34-29(35)27-28(25(38-5)18-19-33-27)40-31(37)32(2,3)4)30(36)39-24-17-11-15-21-12-9-10-16-23(21)26(24)22-13-7-6-8-14-22/h6-10,12-14,16,18-20,24,26H,11,15,17H2,1-5H3,(H,34,35)/t20-,24?,26?/m0/s1. The first-order valence-electron chi connectivity index (χ1n) is 13.5. The summed E-state index contributed by atoms with van der Waals surface area (Å²) in [4.78, 5) is 43.3. The maximum Gasteiger partial charge on any atom is 0.328 e. The lowest BCUT2D eigenvalue weighted by atomic mass is 9.84. The average Bonchev–Trinajstić information content (AvgIpc) is 3.11. The molecule has 0 radical (unpaired) electrons. The zero-order chi connectivity index (χ0) is 28.9. The van der Waals surface area contributed by atoms with E-state index in [-0.39, 0.29) is 23.1 Å². The minimum atomic E-state index is -0.985. The molecule has 0 bridgehead atoms. The van der Waals surface area contributed by atoms with Gasteiger partial charge in [0.05, 0.1) is 12.5 Å². The van der Waals surface area contributed by atoms with Crippen molar-refractivity contribution in [2.24, 2.45) is 5.41 Å². The lowest BCUT2D eigenvalue weighted by molar-refractivity contribution is -0.152. The highest BCUT2D eigenvalue weighted by Gasteiger charge is 2.34. The van der Waals surface area contributed by atoms with Crippen LogP contribution in [0, 0.1) is 5.41 Å². The number of benzene rings is 2. The molecule has 1 aromatic heterocycles. The predicted molar refractivity (Wildman–Crippen MR) is 150 cm³/mol. The highest BCUT2D eigenvalue weighted by Crippen LogP contribution is 2.38. The highest BCUT2D eigenvalue weighted by atomic mass is 16.6. The average molecular weight is 545 g/mol. The molecule has 4 rings (SSSR count). The van der Waals surface area contributed by atoms with E-state index in [9.17, 15) is 14.4 Å². The Morgan fingerprint density at radius 2 is 1.70 bits per heavy atom. The molecule has 0 saturated heterocycles. The summed E-state index contributed by atoms with van der Waals surface area (Å²) in [5, 5.41) is 2.66. The van der Waals surface area contributed by atoms with E-state index in [0.29, 0.717) is 6.42 Å². The Bertz CT molecular complexity index is 1370. The number of nitrogens with one attached hydrogen (secondary N) is 1. The van der Waals surface area contributed by atoms with E-state index in [4.69, 9.17) is 14.2 Å². The number of ether oxygens (including phenoxy) is 3. The molecule has 2 aromatic carbocycles. The second kappa shape index (κ2) is 12.3. The molecule has 8 nitrogen and oxygen atoms in total. The van der Waals surface area contributed by atoms with Crippen LogP contribution < -0.4 is 14.8 Å². The van der Waals surface area contributed by atoms with E-state index in [2.05, 4.69) is 22.4 Å². The summed E-state index contributed by atoms with van der Waals surface area (Å²) < 4.78 is 16.9. The summed E-state index contributed by atoms with van der Waals surface area (Å²) >= 11 is 0. The molecule has 0 spiro atoms. The number of carbonyl (C=O) groups is 3. The molecule has 1 heterocycles. The van der Waals surface area contributed by atoms with Crippen LogP contribution in [0.2, 0.25) is 0 Å². The van der Waals surface area contributed by atoms with Gasteiger partial charge in [-0.3, -0.25) is 9.59 Å². The SMILES string of the molecule is COc1ccnc(C(=O)N[C@@H](C)C(=O)OC2CCCc3ccccc3C2c2ccccc2)c1OC(=O)C(C)(C)C. The molecule has 8 heteroatoms. The number of esters is 2. The monoisotopic (exact) mass is 544 g/mol. The quantitative estimate of drug-likeness (QED) is 0.320. The molecule has 1 amide bonds. The van der Waals surface area contributed by atoms with Gasteiger partial charge in [0.15, 0.2) is 11.4 Å². The first-order valence-corrected chi connectivity index (χ1v) is 13.5. The molecular weight excluding hydrogens is 508 g/mol. The van der Waals surface area contributed by atoms with Crippen LogP contribution in [0.5, 0.6) is 11.5 Å². The third kappa shape index (κ3) is 6.50. The van der Waals surface area contributed by atoms with Gasteiger partial charge in [-0.25, -0.2) is 9.78 Å². The molecule has 3 atom stereocenters. The Morgan fingerprint density at radius 3 is 2.40 bits per heavy atom. The lowest BCUT2D eigenvalue weighted by Gasteiger charge is -2.28. The van der Waals surface area contributed by atoms with Crippen LogP contribution in [0.25, 0.3) is 0 Å². The molecule has 210 valence electrons. The third-order valence-corrected chi connectivity index (χ3v) is 6.93. The van der Waals surface area contributed by atoms with Crippen LogP contribution in [-0.2, 0) is 20.7 Å². The summed E-state index contributed by atoms with van der Waals surface area (Å²) in [6.07, 6.45) is 3.42. The molecular formula is C32H36N2O6. The minimum Gasteiger partial charge on any atom is -0.493 e. The Kier molecular flexibility index (Phi) is 8.87. The topological polar surface area (TPSA) is 104 Å². The Labute approximate surface area is 235 Å². The largest absolute Gasteiger partial charge is 0.493 e. The van der Waals surface area contributed by atoms with Crippen molar-refractivity contribution in [3.63, 3.8) is 0 Å². The van der Waals surface area contributed by atoms with E-state index in [1.807, 2.05) is 42.5 Å². The molecule has 40 heavy (non-hydrogen) atoms. The Hall–Kier alpha value is -4.20. The number of hydrogen-bond acceptors (Lipinski definition) is 7. The normalized spacial score (nSPS) is 17.5. The summed E-state index contributed by atoms with van der Waals surface area (Å²) in [5.74, 6) is -1.86. The summed E-state index contributed by atoms with van der Waals surface area (Å²) in [7, 11) is 1.40. The van der Waals surface area contributed by atoms with Crippen molar-refractivity contribution in [3.8, 4) is 11.5 Å². The van der Waals surface area contributed by atoms with Crippen LogP contribution >= 0.6 is 0 Å². The fourth-order valence-corrected chi connectivity index (χ4v) is 4.78. The van der Waals surface area contributed by atoms with E-state index < -0.39 is 35.4 Å². The van der Waals surface area contributed by atoms with E-state index in [1.165, 1.54) is 24.9 Å². The van der Waals surface area contributed by atoms with Crippen molar-refractivity contribution < 1.29 is 28.6 Å². The maximum absolute atomic E-state index is 13.3. The van der Waals surface area contributed by atoms with Gasteiger partial charge >= 0.3 is 11.9 Å². The first kappa shape index (κ1) is 28.8. The zero-order valence-corrected chi connectivity index (χ0v) is 23.6. The van der Waals surface area contributed by atoms with Gasteiger partial charge in [0, 0.05) is 18.2 Å². The lowest BCUT2D eigenvalue weighted by Crippen LogP contribution is -2.42. The summed E-state index contributed by atoms with van der Waals surface area (Å²) in [6, 6.07) is 18.8. The van der Waals surface area contributed by atoms with Crippen molar-refractivity contribution in [2.45, 2.75) is 65.0 Å². The number of amides is 1. The highest BCUT2D eigenvalue weighted by molar-refractivity contribution is 5.98. The smallest absolute Gasteiger partial charge is 0.328 e. The number of nitrogens with zero attached hydrogens (tertiary/aromatic N) is 1. The van der Waals surface area contributed by atoms with Gasteiger partial charge in [0.2, 0.25) is 5.75 Å². The first-order chi connectivity index (χ1) is 19.1. The van der Waals surface area contributed by atoms with Gasteiger partial charge < -0.3 is 19.5 Å². The zero-order valence-electron chi connectivity index (χ0n) is 23.6. The fourth-order valence-electron chi connectivity index (χ4n) is 4.78. The maximum atomic E-state index is 13.3. The van der Waals surface area contributed by atoms with Crippen molar-refractivity contribution in [1.29, 1.82) is 0 Å². The van der Waals surface area contributed by atoms with Crippen molar-refractivity contribution >= 4 is 17.8 Å². The van der Waals surface area contributed by atoms with Crippen LogP contribution in [0.1, 0.15) is 73.6 Å². The Balaban J connectivity index is 1.54. The van der Waals surface area contributed by atoms with Gasteiger partial charge in [-0.2, -0.15) is 0 Å². The molecule has 0 saturated carbocycles. The second-order valence-corrected chi connectivity index (χ2v) is 11.0. The molecule has 1 N–H and O–H groups in total. The third-order valence-electron chi connectivity index (χ3n) is 6.93. The van der Waals surface area contributed by atoms with E-state index in [1.54, 1.807) is 27.7 Å². The van der Waals surface area contributed by atoms with Gasteiger partial charge in [-0.1, -0.05) is 54.6 Å². The number of hydrogen-bond donors (Lipinski definition) is 1. The van der Waals surface area contributed by atoms with Gasteiger partial charge in [-0.15, -0.1) is 0 Å². The van der Waals surface area contributed by atoms with Crippen molar-refractivity contribution in [3.05, 3.63) is 89.2 Å². The molecule has 0 aliphatic heterocycles. The summed E-state index contributed by atoms with van der Waals surface area (Å²) in [6.45, 7) is 6.66. The van der Waals surface area contributed by atoms with Gasteiger partial charge in [-0.05, 0) is 63.6 Å². The number of methoxy groups -OCH3 is 1. The molecule has 0 fully saturated rings. The van der Waals surface area contributed by atoms with Crippen molar-refractivity contribution in [1.82, 2.24) is 10.3 Å². The van der Waals surface area contributed by atoms with E-state index >= 15 is 0 Å². The minimum absolute atomic E-state index is 0.104. The molecule has 2 unspecified atom stereocenters. The number of carbonyl (C=O) groups excluding carboxylic acids is 3. The molecule has 3 aromatic rings. The van der Waals surface area contributed by atoms with Crippen LogP contribution in [0.15, 0.2) is 66.9 Å². The van der Waals surface area contributed by atoms with Crippen LogP contribution in [0.3, 0.4) is 0 Å². The number of pyridine rings is 1. The van der Waals surface area contributed by atoms with Crippen molar-refractivity contribution in [2.75, 3.05) is 7.11 Å². The Morgan fingerprint density at radius 1 is 1.00 bits per heavy atom. The number of fused-ring (bicyclic) bond motifs is 1. The van der Waals surface area contributed by atoms with Gasteiger partial charge in [0.25, 0.3) is 5.91 Å². The fraction of sp³-hybridized carbons (Fsp3) is 0.375. The van der Waals surface area contributed by atoms with Crippen LogP contribution in [-0.4, -0.2) is 42.1 Å². The number of aromatic nitrogens is 1. The van der Waals surface area contributed by atoms with Crippen LogP contribution in [0.4, 0.5) is 0 Å². The van der Waals surface area contributed by atoms with Gasteiger partial charge in [0.1, 0.15) is 12.1 Å². The molecule has 1 aliphatic carbocycles. The number of aryl methyl sites for hydroxylation is 1. The summed E-state index contributed by atoms with van der Waals surface area (Å²) in [5.41, 5.74) is 2.47. The number of rotatable bonds is 7.